The molecule has 0 aliphatic carbocycles. The van der Waals surface area contributed by atoms with Crippen molar-refractivity contribution in [2.75, 3.05) is 19.0 Å². The number of fused-ring (bicyclic) bond motifs is 1. The van der Waals surface area contributed by atoms with E-state index in [1.807, 2.05) is 6.07 Å². The normalized spacial score (nSPS) is 17.0. The molecule has 0 spiro atoms. The van der Waals surface area contributed by atoms with Crippen LogP contribution in [0.15, 0.2) is 41.3 Å². The van der Waals surface area contributed by atoms with Gasteiger partial charge < -0.3 is 14.8 Å². The molecule has 6 nitrogen and oxygen atoms in total. The lowest BCUT2D eigenvalue weighted by atomic mass is 10.0. The van der Waals surface area contributed by atoms with Crippen molar-refractivity contribution in [2.24, 2.45) is 5.14 Å². The summed E-state index contributed by atoms with van der Waals surface area (Å²) in [5, 5.41) is 7.84. The lowest BCUT2D eigenvalue weighted by Gasteiger charge is -2.28. The molecule has 1 heterocycles. The fourth-order valence-electron chi connectivity index (χ4n) is 2.97. The van der Waals surface area contributed by atoms with Gasteiger partial charge in [-0.2, -0.15) is 13.2 Å². The molecule has 0 radical (unpaired) electrons. The second kappa shape index (κ2) is 6.93. The number of hydrogen-bond donors (Lipinski definition) is 2. The van der Waals surface area contributed by atoms with Crippen molar-refractivity contribution in [1.82, 2.24) is 0 Å². The van der Waals surface area contributed by atoms with Gasteiger partial charge in [-0.3, -0.25) is 0 Å². The number of methoxy groups -OCH3 is 1. The Balaban J connectivity index is 1.86. The maximum Gasteiger partial charge on any atom is 0.417 e. The zero-order chi connectivity index (χ0) is 19.8. The first-order valence-electron chi connectivity index (χ1n) is 7.89. The molecule has 3 N–H and O–H groups in total. The Kier molecular flexibility index (Phi) is 4.96. The number of primary sulfonamides is 1. The third-order valence-corrected chi connectivity index (χ3v) is 5.11. The van der Waals surface area contributed by atoms with E-state index in [1.54, 1.807) is 12.1 Å². The number of hydrogen-bond acceptors (Lipinski definition) is 5. The number of nitrogens with one attached hydrogen (secondary N) is 1. The van der Waals surface area contributed by atoms with Gasteiger partial charge in [-0.25, -0.2) is 13.6 Å². The van der Waals surface area contributed by atoms with Crippen LogP contribution in [0.3, 0.4) is 0 Å². The smallest absolute Gasteiger partial charge is 0.417 e. The van der Waals surface area contributed by atoms with Gasteiger partial charge in [0.25, 0.3) is 0 Å². The molecule has 0 amide bonds. The first-order valence-corrected chi connectivity index (χ1v) is 9.43. The molecule has 1 unspecified atom stereocenters. The summed E-state index contributed by atoms with van der Waals surface area (Å²) in [6, 6.07) is 7.93. The lowest BCUT2D eigenvalue weighted by Crippen LogP contribution is -2.33. The minimum atomic E-state index is -4.86. The third-order valence-electron chi connectivity index (χ3n) is 4.14. The molecule has 3 rings (SSSR count). The van der Waals surface area contributed by atoms with Crippen LogP contribution >= 0.6 is 0 Å². The number of rotatable bonds is 4. The van der Waals surface area contributed by atoms with Crippen molar-refractivity contribution in [2.45, 2.75) is 23.5 Å². The molecule has 0 saturated carbocycles. The van der Waals surface area contributed by atoms with Crippen LogP contribution in [-0.4, -0.2) is 28.2 Å². The second-order valence-corrected chi connectivity index (χ2v) is 7.59. The van der Waals surface area contributed by atoms with E-state index in [9.17, 15) is 21.6 Å². The van der Waals surface area contributed by atoms with Crippen LogP contribution in [0.25, 0.3) is 0 Å². The van der Waals surface area contributed by atoms with Gasteiger partial charge in [0.1, 0.15) is 6.61 Å². The van der Waals surface area contributed by atoms with E-state index < -0.39 is 26.7 Å². The molecule has 0 saturated heterocycles. The van der Waals surface area contributed by atoms with E-state index >= 15 is 0 Å². The topological polar surface area (TPSA) is 90.7 Å². The number of sulfonamides is 1. The van der Waals surface area contributed by atoms with Crippen molar-refractivity contribution in [3.63, 3.8) is 0 Å². The van der Waals surface area contributed by atoms with Crippen molar-refractivity contribution >= 4 is 15.7 Å². The molecule has 2 aromatic carbocycles. The average molecular weight is 402 g/mol. The van der Waals surface area contributed by atoms with E-state index in [0.717, 1.165) is 17.7 Å². The Morgan fingerprint density at radius 3 is 2.63 bits per heavy atom. The van der Waals surface area contributed by atoms with Crippen LogP contribution in [0, 0.1) is 0 Å². The number of alkyl halides is 3. The second-order valence-electron chi connectivity index (χ2n) is 6.06. The van der Waals surface area contributed by atoms with Crippen LogP contribution in [0.2, 0.25) is 0 Å². The highest BCUT2D eigenvalue weighted by molar-refractivity contribution is 7.89. The quantitative estimate of drug-likeness (QED) is 0.821. The van der Waals surface area contributed by atoms with E-state index in [4.69, 9.17) is 14.6 Å². The Morgan fingerprint density at radius 1 is 1.26 bits per heavy atom. The van der Waals surface area contributed by atoms with E-state index in [-0.39, 0.29) is 18.3 Å². The maximum atomic E-state index is 13.2. The molecular formula is C17H17F3N2O4S. The number of para-hydroxylation sites is 1. The SMILES string of the molecule is COc1cccc2c1OCC(Nc1ccc(S(N)(=O)=O)c(C(F)(F)F)c1)C2. The fourth-order valence-corrected chi connectivity index (χ4v) is 3.71. The van der Waals surface area contributed by atoms with Gasteiger partial charge in [0.05, 0.1) is 23.6 Å². The van der Waals surface area contributed by atoms with Gasteiger partial charge in [-0.1, -0.05) is 12.1 Å². The highest BCUT2D eigenvalue weighted by Crippen LogP contribution is 2.37. The maximum absolute atomic E-state index is 13.2. The highest BCUT2D eigenvalue weighted by atomic mass is 32.2. The number of benzene rings is 2. The van der Waals surface area contributed by atoms with Crippen LogP contribution in [0.4, 0.5) is 18.9 Å². The molecule has 0 bridgehead atoms. The molecule has 0 aromatic heterocycles. The number of anilines is 1. The molecule has 146 valence electrons. The molecule has 2 aromatic rings. The summed E-state index contributed by atoms with van der Waals surface area (Å²) in [6.07, 6.45) is -4.35. The van der Waals surface area contributed by atoms with Crippen molar-refractivity contribution in [3.8, 4) is 11.5 Å². The number of halogens is 3. The largest absolute Gasteiger partial charge is 0.493 e. The van der Waals surface area contributed by atoms with Gasteiger partial charge in [0.2, 0.25) is 10.0 Å². The predicted molar refractivity (Wildman–Crippen MR) is 92.4 cm³/mol. The summed E-state index contributed by atoms with van der Waals surface area (Å²) in [5.41, 5.74) is -0.334. The molecule has 1 aliphatic rings. The third kappa shape index (κ3) is 4.11. The highest BCUT2D eigenvalue weighted by Gasteiger charge is 2.37. The van der Waals surface area contributed by atoms with Crippen molar-refractivity contribution in [1.29, 1.82) is 0 Å². The molecule has 27 heavy (non-hydrogen) atoms. The number of ether oxygens (including phenoxy) is 2. The molecule has 10 heteroatoms. The first kappa shape index (κ1) is 19.3. The Hall–Kier alpha value is -2.46. The summed E-state index contributed by atoms with van der Waals surface area (Å²) in [4.78, 5) is -0.962. The predicted octanol–water partition coefficient (Wildman–Crippen LogP) is 2.78. The molecule has 1 atom stereocenters. The first-order chi connectivity index (χ1) is 12.6. The summed E-state index contributed by atoms with van der Waals surface area (Å²) in [7, 11) is -2.98. The summed E-state index contributed by atoms with van der Waals surface area (Å²) in [5.74, 6) is 1.20. The standard InChI is InChI=1S/C17H17F3N2O4S/c1-25-14-4-2-3-10-7-12(9-26-16(10)14)22-11-5-6-15(27(21,23)24)13(8-11)17(18,19)20/h2-6,8,12,22H,7,9H2,1H3,(H2,21,23,24). The minimum absolute atomic E-state index is 0.120. The van der Waals surface area contributed by atoms with Crippen molar-refractivity contribution in [3.05, 3.63) is 47.5 Å². The minimum Gasteiger partial charge on any atom is -0.493 e. The van der Waals surface area contributed by atoms with Crippen LogP contribution in [0.1, 0.15) is 11.1 Å². The lowest BCUT2D eigenvalue weighted by molar-refractivity contribution is -0.139. The van der Waals surface area contributed by atoms with Gasteiger partial charge in [-0.15, -0.1) is 0 Å². The number of nitrogens with two attached hydrogens (primary N) is 1. The van der Waals surface area contributed by atoms with E-state index in [0.29, 0.717) is 17.9 Å². The summed E-state index contributed by atoms with van der Waals surface area (Å²) < 4.78 is 73.4. The van der Waals surface area contributed by atoms with E-state index in [1.165, 1.54) is 13.2 Å². The van der Waals surface area contributed by atoms with Gasteiger partial charge in [0.15, 0.2) is 11.5 Å². The van der Waals surface area contributed by atoms with Crippen LogP contribution in [0.5, 0.6) is 11.5 Å². The van der Waals surface area contributed by atoms with E-state index in [2.05, 4.69) is 5.32 Å². The summed E-state index contributed by atoms with van der Waals surface area (Å²) in [6.45, 7) is 0.214. The zero-order valence-electron chi connectivity index (χ0n) is 14.2. The molecule has 1 aliphatic heterocycles. The Morgan fingerprint density at radius 2 is 2.00 bits per heavy atom. The average Bonchev–Trinajstić information content (AvgIpc) is 2.59. The Bertz CT molecular complexity index is 961. The Labute approximate surface area is 154 Å². The molecular weight excluding hydrogens is 385 g/mol. The monoisotopic (exact) mass is 402 g/mol. The molecule has 0 fully saturated rings. The van der Waals surface area contributed by atoms with Gasteiger partial charge in [0, 0.05) is 11.3 Å². The zero-order valence-corrected chi connectivity index (χ0v) is 15.0. The van der Waals surface area contributed by atoms with Crippen LogP contribution in [-0.2, 0) is 22.6 Å². The van der Waals surface area contributed by atoms with Crippen LogP contribution < -0.4 is 19.9 Å². The van der Waals surface area contributed by atoms with Gasteiger partial charge in [-0.05, 0) is 30.7 Å². The van der Waals surface area contributed by atoms with Crippen molar-refractivity contribution < 1.29 is 31.1 Å². The van der Waals surface area contributed by atoms with Gasteiger partial charge >= 0.3 is 6.18 Å². The fraction of sp³-hybridized carbons (Fsp3) is 0.294. The summed E-state index contributed by atoms with van der Waals surface area (Å²) >= 11 is 0.